The van der Waals surface area contributed by atoms with E-state index in [4.69, 9.17) is 4.74 Å². The van der Waals surface area contributed by atoms with Crippen LogP contribution in [-0.4, -0.2) is 34.1 Å². The number of carbonyl (C=O) groups is 1. The molecule has 0 heterocycles. The lowest BCUT2D eigenvalue weighted by Gasteiger charge is -2.14. The summed E-state index contributed by atoms with van der Waals surface area (Å²) in [5.41, 5.74) is -5.82. The molecule has 118 valence electrons. The first-order valence-electron chi connectivity index (χ1n) is 5.31. The van der Waals surface area contributed by atoms with Crippen molar-refractivity contribution >= 4 is 16.1 Å². The molecule has 0 atom stereocenters. The van der Waals surface area contributed by atoms with Crippen LogP contribution in [-0.2, 0) is 14.9 Å². The molecule has 0 radical (unpaired) electrons. The summed E-state index contributed by atoms with van der Waals surface area (Å²) in [5, 5.41) is 0. The van der Waals surface area contributed by atoms with Crippen LogP contribution >= 0.6 is 0 Å². The van der Waals surface area contributed by atoms with Crippen molar-refractivity contribution in [2.24, 2.45) is 0 Å². The molecule has 0 aliphatic rings. The highest BCUT2D eigenvalue weighted by atomic mass is 32.2. The van der Waals surface area contributed by atoms with Gasteiger partial charge in [-0.15, -0.1) is 0 Å². The smallest absolute Gasteiger partial charge is 0.496 e. The van der Waals surface area contributed by atoms with Crippen LogP contribution in [0.25, 0.3) is 0 Å². The molecule has 21 heavy (non-hydrogen) atoms. The summed E-state index contributed by atoms with van der Waals surface area (Å²) < 4.78 is 72.3. The van der Waals surface area contributed by atoms with E-state index in [2.05, 4.69) is 8.92 Å². The van der Waals surface area contributed by atoms with Gasteiger partial charge in [0.2, 0.25) is 0 Å². The minimum Gasteiger partial charge on any atom is -0.496 e. The lowest BCUT2D eigenvalue weighted by molar-refractivity contribution is -0.0500. The lowest BCUT2D eigenvalue weighted by Crippen LogP contribution is -2.28. The van der Waals surface area contributed by atoms with E-state index in [0.29, 0.717) is 0 Å². The number of rotatable bonds is 4. The van der Waals surface area contributed by atoms with Crippen LogP contribution in [0.2, 0.25) is 0 Å². The Morgan fingerprint density at radius 1 is 1.14 bits per heavy atom. The molecular formula is C11H11F3O6S. The number of methoxy groups -OCH3 is 2. The average Bonchev–Trinajstić information content (AvgIpc) is 2.38. The molecule has 0 N–H and O–H groups in total. The maximum Gasteiger partial charge on any atom is 0.534 e. The highest BCUT2D eigenvalue weighted by Gasteiger charge is 2.48. The molecule has 0 amide bonds. The fourth-order valence-electron chi connectivity index (χ4n) is 1.36. The second kappa shape index (κ2) is 5.80. The van der Waals surface area contributed by atoms with Crippen molar-refractivity contribution in [3.8, 4) is 11.5 Å². The number of hydrogen-bond donors (Lipinski definition) is 0. The van der Waals surface area contributed by atoms with Crippen LogP contribution in [0.4, 0.5) is 13.2 Å². The number of hydrogen-bond acceptors (Lipinski definition) is 6. The third kappa shape index (κ3) is 3.57. The molecule has 0 bridgehead atoms. The number of carbonyl (C=O) groups excluding carboxylic acids is 1. The van der Waals surface area contributed by atoms with Crippen LogP contribution in [0.1, 0.15) is 15.9 Å². The number of halogens is 3. The molecule has 0 spiro atoms. The van der Waals surface area contributed by atoms with Crippen LogP contribution in [0.3, 0.4) is 0 Å². The zero-order valence-corrected chi connectivity index (χ0v) is 12.0. The van der Waals surface area contributed by atoms with Crippen molar-refractivity contribution in [3.63, 3.8) is 0 Å². The third-order valence-electron chi connectivity index (χ3n) is 2.44. The Hall–Kier alpha value is -1.97. The monoisotopic (exact) mass is 328 g/mol. The largest absolute Gasteiger partial charge is 0.534 e. The van der Waals surface area contributed by atoms with Crippen LogP contribution in [0.5, 0.6) is 11.5 Å². The molecule has 0 unspecified atom stereocenters. The highest BCUT2D eigenvalue weighted by molar-refractivity contribution is 7.88. The van der Waals surface area contributed by atoms with Gasteiger partial charge in [0.1, 0.15) is 11.5 Å². The summed E-state index contributed by atoms with van der Waals surface area (Å²) in [6.07, 6.45) is 0. The second-order valence-corrected chi connectivity index (χ2v) is 5.31. The van der Waals surface area contributed by atoms with Crippen molar-refractivity contribution < 1.29 is 40.0 Å². The van der Waals surface area contributed by atoms with Gasteiger partial charge in [-0.3, -0.25) is 0 Å². The molecule has 1 rings (SSSR count). The summed E-state index contributed by atoms with van der Waals surface area (Å²) in [6.45, 7) is 1.28. The first kappa shape index (κ1) is 17.1. The molecule has 1 aromatic carbocycles. The number of ether oxygens (including phenoxy) is 2. The van der Waals surface area contributed by atoms with E-state index < -0.39 is 27.3 Å². The van der Waals surface area contributed by atoms with E-state index in [1.54, 1.807) is 0 Å². The van der Waals surface area contributed by atoms with Crippen molar-refractivity contribution in [2.75, 3.05) is 14.2 Å². The summed E-state index contributed by atoms with van der Waals surface area (Å²) in [4.78, 5) is 11.4. The molecule has 0 aromatic heterocycles. The quantitative estimate of drug-likeness (QED) is 0.478. The number of alkyl halides is 3. The fourth-order valence-corrected chi connectivity index (χ4v) is 1.87. The van der Waals surface area contributed by atoms with E-state index in [0.717, 1.165) is 13.2 Å². The SMILES string of the molecule is COC(=O)c1cc(OC)c(C)c(OS(=O)(=O)C(F)(F)F)c1. The maximum absolute atomic E-state index is 12.3. The van der Waals surface area contributed by atoms with Crippen LogP contribution in [0, 0.1) is 6.92 Å². The molecular weight excluding hydrogens is 317 g/mol. The predicted octanol–water partition coefficient (Wildman–Crippen LogP) is 2.02. The van der Waals surface area contributed by atoms with E-state index in [1.807, 2.05) is 0 Å². The van der Waals surface area contributed by atoms with Crippen LogP contribution < -0.4 is 8.92 Å². The highest BCUT2D eigenvalue weighted by Crippen LogP contribution is 2.34. The Morgan fingerprint density at radius 2 is 1.67 bits per heavy atom. The zero-order chi connectivity index (χ0) is 16.4. The van der Waals surface area contributed by atoms with Crippen molar-refractivity contribution in [1.29, 1.82) is 0 Å². The summed E-state index contributed by atoms with van der Waals surface area (Å²) in [5.74, 6) is -1.58. The van der Waals surface area contributed by atoms with E-state index >= 15 is 0 Å². The fraction of sp³-hybridized carbons (Fsp3) is 0.364. The van der Waals surface area contributed by atoms with Gasteiger partial charge in [-0.2, -0.15) is 21.6 Å². The van der Waals surface area contributed by atoms with Gasteiger partial charge in [-0.25, -0.2) is 4.79 Å². The predicted molar refractivity (Wildman–Crippen MR) is 64.7 cm³/mol. The first-order chi connectivity index (χ1) is 9.53. The standard InChI is InChI=1S/C11H11F3O6S/c1-6-8(18-2)4-7(10(15)19-3)5-9(6)20-21(16,17)11(12,13)14/h4-5H,1-3H3. The van der Waals surface area contributed by atoms with Gasteiger partial charge in [-0.1, -0.05) is 0 Å². The van der Waals surface area contributed by atoms with Gasteiger partial charge in [-0.05, 0) is 19.1 Å². The normalized spacial score (nSPS) is 11.9. The molecule has 0 aliphatic carbocycles. The zero-order valence-electron chi connectivity index (χ0n) is 11.1. The molecule has 0 saturated heterocycles. The second-order valence-electron chi connectivity index (χ2n) is 3.78. The van der Waals surface area contributed by atoms with Crippen molar-refractivity contribution in [3.05, 3.63) is 23.3 Å². The Balaban J connectivity index is 3.39. The van der Waals surface area contributed by atoms with E-state index in [-0.39, 0.29) is 16.9 Å². The molecule has 10 heteroatoms. The summed E-state index contributed by atoms with van der Waals surface area (Å²) >= 11 is 0. The summed E-state index contributed by atoms with van der Waals surface area (Å²) in [7, 11) is -3.60. The topological polar surface area (TPSA) is 78.9 Å². The van der Waals surface area contributed by atoms with Gasteiger partial charge in [0.25, 0.3) is 0 Å². The van der Waals surface area contributed by atoms with E-state index in [9.17, 15) is 26.4 Å². The van der Waals surface area contributed by atoms with Gasteiger partial charge in [0, 0.05) is 5.56 Å². The Morgan fingerprint density at radius 3 is 2.10 bits per heavy atom. The first-order valence-corrected chi connectivity index (χ1v) is 6.72. The molecule has 6 nitrogen and oxygen atoms in total. The number of esters is 1. The van der Waals surface area contributed by atoms with Gasteiger partial charge in [0.15, 0.2) is 0 Å². The number of benzene rings is 1. The third-order valence-corrected chi connectivity index (χ3v) is 3.40. The minimum absolute atomic E-state index is 0.0158. The Bertz CT molecular complexity index is 651. The van der Waals surface area contributed by atoms with E-state index in [1.165, 1.54) is 20.1 Å². The van der Waals surface area contributed by atoms with Crippen molar-refractivity contribution in [2.45, 2.75) is 12.4 Å². The Kier molecular flexibility index (Phi) is 4.72. The van der Waals surface area contributed by atoms with Crippen molar-refractivity contribution in [1.82, 2.24) is 0 Å². The van der Waals surface area contributed by atoms with Gasteiger partial charge in [0.05, 0.1) is 19.8 Å². The maximum atomic E-state index is 12.3. The van der Waals surface area contributed by atoms with Gasteiger partial charge >= 0.3 is 21.6 Å². The molecule has 1 aromatic rings. The lowest BCUT2D eigenvalue weighted by atomic mass is 10.1. The molecule has 0 saturated carbocycles. The Labute approximate surface area is 118 Å². The van der Waals surface area contributed by atoms with Gasteiger partial charge < -0.3 is 13.7 Å². The average molecular weight is 328 g/mol. The summed E-state index contributed by atoms with van der Waals surface area (Å²) in [6, 6.07) is 2.02. The molecule has 0 fully saturated rings. The van der Waals surface area contributed by atoms with Crippen LogP contribution in [0.15, 0.2) is 12.1 Å². The molecule has 0 aliphatic heterocycles. The minimum atomic E-state index is -5.86.